The fraction of sp³-hybridized carbons (Fsp3) is 0.308. The van der Waals surface area contributed by atoms with Gasteiger partial charge in [-0.2, -0.15) is 0 Å². The third kappa shape index (κ3) is 5.38. The number of hydrogen-bond acceptors (Lipinski definition) is 3. The molecule has 108 valence electrons. The molecular formula is C13H17N3O4. The van der Waals surface area contributed by atoms with Gasteiger partial charge in [-0.05, 0) is 11.1 Å². The van der Waals surface area contributed by atoms with E-state index in [1.54, 1.807) is 24.3 Å². The number of carbonyl (C=O) groups is 3. The summed E-state index contributed by atoms with van der Waals surface area (Å²) in [7, 11) is 1.48. The Bertz CT molecular complexity index is 502. The summed E-state index contributed by atoms with van der Waals surface area (Å²) in [5, 5.41) is 16.1. The van der Waals surface area contributed by atoms with Crippen LogP contribution in [0.2, 0.25) is 0 Å². The van der Waals surface area contributed by atoms with Gasteiger partial charge in [0.25, 0.3) is 0 Å². The molecule has 7 nitrogen and oxygen atoms in total. The Morgan fingerprint density at radius 3 is 2.35 bits per heavy atom. The summed E-state index contributed by atoms with van der Waals surface area (Å²) in [4.78, 5) is 33.1. The van der Waals surface area contributed by atoms with Crippen LogP contribution in [0, 0.1) is 0 Å². The molecule has 7 heteroatoms. The number of carboxylic acids is 1. The van der Waals surface area contributed by atoms with Crippen molar-refractivity contribution in [2.45, 2.75) is 13.0 Å². The van der Waals surface area contributed by atoms with Crippen LogP contribution in [-0.4, -0.2) is 36.6 Å². The zero-order valence-corrected chi connectivity index (χ0v) is 11.1. The van der Waals surface area contributed by atoms with E-state index in [0.717, 1.165) is 5.56 Å². The Labute approximate surface area is 116 Å². The average molecular weight is 279 g/mol. The number of nitrogens with one attached hydrogen (secondary N) is 3. The molecule has 1 aromatic rings. The van der Waals surface area contributed by atoms with E-state index >= 15 is 0 Å². The number of benzene rings is 1. The molecule has 0 aromatic heterocycles. The summed E-state index contributed by atoms with van der Waals surface area (Å²) in [6.07, 6.45) is -0.0995. The van der Waals surface area contributed by atoms with Gasteiger partial charge in [0.15, 0.2) is 0 Å². The molecule has 0 aliphatic heterocycles. The van der Waals surface area contributed by atoms with Crippen molar-refractivity contribution >= 4 is 17.9 Å². The second-order valence-electron chi connectivity index (χ2n) is 4.05. The van der Waals surface area contributed by atoms with Crippen LogP contribution in [0.5, 0.6) is 0 Å². The highest BCUT2D eigenvalue weighted by atomic mass is 16.4. The van der Waals surface area contributed by atoms with E-state index in [2.05, 4.69) is 16.0 Å². The van der Waals surface area contributed by atoms with Crippen molar-refractivity contribution in [3.05, 3.63) is 35.4 Å². The van der Waals surface area contributed by atoms with E-state index in [9.17, 15) is 14.4 Å². The Morgan fingerprint density at radius 2 is 1.75 bits per heavy atom. The predicted octanol–water partition coefficient (Wildman–Crippen LogP) is -0.141. The van der Waals surface area contributed by atoms with Crippen LogP contribution in [-0.2, 0) is 22.6 Å². The van der Waals surface area contributed by atoms with Crippen LogP contribution in [0.1, 0.15) is 11.1 Å². The van der Waals surface area contributed by atoms with Crippen molar-refractivity contribution in [1.29, 1.82) is 0 Å². The van der Waals surface area contributed by atoms with E-state index in [4.69, 9.17) is 5.11 Å². The Kier molecular flexibility index (Phi) is 6.02. The molecule has 20 heavy (non-hydrogen) atoms. The van der Waals surface area contributed by atoms with Crippen LogP contribution >= 0.6 is 0 Å². The minimum Gasteiger partial charge on any atom is -0.481 e. The monoisotopic (exact) mass is 279 g/mol. The van der Waals surface area contributed by atoms with Gasteiger partial charge in [-0.25, -0.2) is 4.79 Å². The first-order chi connectivity index (χ1) is 9.52. The van der Waals surface area contributed by atoms with Crippen LogP contribution in [0.25, 0.3) is 0 Å². The largest absolute Gasteiger partial charge is 0.481 e. The molecule has 1 aromatic carbocycles. The summed E-state index contributed by atoms with van der Waals surface area (Å²) in [6.45, 7) is 0.0855. The van der Waals surface area contributed by atoms with Gasteiger partial charge >= 0.3 is 12.0 Å². The number of carbonyl (C=O) groups excluding carboxylic acids is 2. The van der Waals surface area contributed by atoms with E-state index < -0.39 is 12.0 Å². The van der Waals surface area contributed by atoms with Crippen molar-refractivity contribution in [3.8, 4) is 0 Å². The van der Waals surface area contributed by atoms with Crippen LogP contribution < -0.4 is 16.0 Å². The first kappa shape index (κ1) is 15.5. The minimum absolute atomic E-state index is 0.0995. The van der Waals surface area contributed by atoms with Gasteiger partial charge in [0.2, 0.25) is 5.91 Å². The van der Waals surface area contributed by atoms with E-state index in [-0.39, 0.29) is 25.4 Å². The third-order valence-electron chi connectivity index (χ3n) is 2.59. The van der Waals surface area contributed by atoms with Crippen LogP contribution in [0.4, 0.5) is 4.79 Å². The van der Waals surface area contributed by atoms with Gasteiger partial charge in [0.05, 0.1) is 13.0 Å². The van der Waals surface area contributed by atoms with Gasteiger partial charge < -0.3 is 21.1 Å². The molecule has 0 saturated heterocycles. The Hall–Kier alpha value is -2.57. The van der Waals surface area contributed by atoms with Gasteiger partial charge in [-0.1, -0.05) is 24.3 Å². The highest BCUT2D eigenvalue weighted by Gasteiger charge is 2.08. The number of urea groups is 1. The molecule has 0 heterocycles. The van der Waals surface area contributed by atoms with Crippen molar-refractivity contribution in [1.82, 2.24) is 16.0 Å². The second-order valence-corrected chi connectivity index (χ2v) is 4.05. The molecule has 0 radical (unpaired) electrons. The van der Waals surface area contributed by atoms with E-state index in [1.807, 2.05) is 0 Å². The maximum absolute atomic E-state index is 11.5. The fourth-order valence-electron chi connectivity index (χ4n) is 1.55. The van der Waals surface area contributed by atoms with Crippen molar-refractivity contribution in [2.75, 3.05) is 13.6 Å². The van der Waals surface area contributed by atoms with Crippen molar-refractivity contribution in [3.63, 3.8) is 0 Å². The molecule has 0 bridgehead atoms. The minimum atomic E-state index is -0.929. The van der Waals surface area contributed by atoms with Crippen molar-refractivity contribution < 1.29 is 19.5 Å². The maximum Gasteiger partial charge on any atom is 0.315 e. The molecule has 4 N–H and O–H groups in total. The van der Waals surface area contributed by atoms with Gasteiger partial charge in [0.1, 0.15) is 0 Å². The maximum atomic E-state index is 11.5. The van der Waals surface area contributed by atoms with Gasteiger partial charge in [-0.15, -0.1) is 0 Å². The number of rotatable bonds is 6. The average Bonchev–Trinajstić information content (AvgIpc) is 2.43. The lowest BCUT2D eigenvalue weighted by Gasteiger charge is -2.10. The van der Waals surface area contributed by atoms with Crippen molar-refractivity contribution in [2.24, 2.45) is 0 Å². The first-order valence-corrected chi connectivity index (χ1v) is 6.03. The molecule has 0 unspecified atom stereocenters. The summed E-state index contributed by atoms with van der Waals surface area (Å²) in [6, 6.07) is 6.47. The fourth-order valence-corrected chi connectivity index (χ4v) is 1.55. The topological polar surface area (TPSA) is 108 Å². The summed E-state index contributed by atoms with van der Waals surface area (Å²) >= 11 is 0. The molecule has 1 rings (SSSR count). The predicted molar refractivity (Wildman–Crippen MR) is 72.1 cm³/mol. The zero-order chi connectivity index (χ0) is 15.0. The molecule has 0 aliphatic carbocycles. The second kappa shape index (κ2) is 7.78. The highest BCUT2D eigenvalue weighted by molar-refractivity contribution is 5.83. The summed E-state index contributed by atoms with van der Waals surface area (Å²) in [5.74, 6) is -1.23. The Morgan fingerprint density at radius 1 is 1.10 bits per heavy atom. The molecule has 0 aliphatic rings. The van der Waals surface area contributed by atoms with Gasteiger partial charge in [-0.3, -0.25) is 9.59 Å². The molecular weight excluding hydrogens is 262 g/mol. The number of likely N-dealkylation sites (N-methyl/N-ethyl adjacent to an activating group) is 1. The first-order valence-electron chi connectivity index (χ1n) is 6.03. The smallest absolute Gasteiger partial charge is 0.315 e. The zero-order valence-electron chi connectivity index (χ0n) is 11.1. The van der Waals surface area contributed by atoms with Crippen LogP contribution in [0.3, 0.4) is 0 Å². The lowest BCUT2D eigenvalue weighted by atomic mass is 10.0. The standard InChI is InChI=1S/C13H17N3O4/c1-14-11(17)8-16-13(20)15-7-10-5-3-2-4-9(10)6-12(18)19/h2-5H,6-8H2,1H3,(H,14,17)(H,18,19)(H2,15,16,20). The highest BCUT2D eigenvalue weighted by Crippen LogP contribution is 2.09. The normalized spacial score (nSPS) is 9.65. The lowest BCUT2D eigenvalue weighted by Crippen LogP contribution is -2.41. The molecule has 0 spiro atoms. The number of carboxylic acid groups (broad SMARTS) is 1. The summed E-state index contributed by atoms with van der Waals surface area (Å²) in [5.41, 5.74) is 1.37. The molecule has 0 atom stereocenters. The SMILES string of the molecule is CNC(=O)CNC(=O)NCc1ccccc1CC(=O)O. The van der Waals surface area contributed by atoms with Gasteiger partial charge in [0, 0.05) is 13.6 Å². The van der Waals surface area contributed by atoms with E-state index in [1.165, 1.54) is 7.05 Å². The number of aliphatic carboxylic acids is 1. The van der Waals surface area contributed by atoms with E-state index in [0.29, 0.717) is 5.56 Å². The summed E-state index contributed by atoms with van der Waals surface area (Å²) < 4.78 is 0. The lowest BCUT2D eigenvalue weighted by molar-refractivity contribution is -0.136. The Balaban J connectivity index is 2.50. The third-order valence-corrected chi connectivity index (χ3v) is 2.59. The molecule has 3 amide bonds. The quantitative estimate of drug-likeness (QED) is 0.581. The van der Waals surface area contributed by atoms with Crippen LogP contribution in [0.15, 0.2) is 24.3 Å². The number of amides is 3. The molecule has 0 fully saturated rings. The molecule has 0 saturated carbocycles. The number of hydrogen-bond donors (Lipinski definition) is 4.